The van der Waals surface area contributed by atoms with Gasteiger partial charge in [0, 0.05) is 30.7 Å². The molecule has 1 saturated heterocycles. The van der Waals surface area contributed by atoms with Gasteiger partial charge in [0.15, 0.2) is 0 Å². The quantitative estimate of drug-likeness (QED) is 0.442. The molecule has 1 aromatic rings. The average Bonchev–Trinajstić information content (AvgIpc) is 2.84. The van der Waals surface area contributed by atoms with Crippen molar-refractivity contribution in [1.29, 1.82) is 0 Å². The lowest BCUT2D eigenvalue weighted by Gasteiger charge is -2.16. The molecule has 84 valence electrons. The fraction of sp³-hybridized carbons (Fsp3) is 0.545. The van der Waals surface area contributed by atoms with E-state index < -0.39 is 0 Å². The zero-order valence-corrected chi connectivity index (χ0v) is 9.21. The van der Waals surface area contributed by atoms with Crippen LogP contribution in [0, 0.1) is 0 Å². The van der Waals surface area contributed by atoms with Crippen LogP contribution in [0.4, 0.5) is 5.82 Å². The zero-order chi connectivity index (χ0) is 11.2. The summed E-state index contributed by atoms with van der Waals surface area (Å²) in [5.74, 6) is 1.06. The van der Waals surface area contributed by atoms with Gasteiger partial charge >= 0.3 is 0 Å². The highest BCUT2D eigenvalue weighted by Gasteiger charge is 2.12. The number of hydrogen-bond acceptors (Lipinski definition) is 3. The number of rotatable bonds is 4. The van der Waals surface area contributed by atoms with Crippen molar-refractivity contribution in [3.8, 4) is 0 Å². The number of anilines is 1. The molecule has 2 rings (SSSR count). The van der Waals surface area contributed by atoms with Crippen molar-refractivity contribution in [1.82, 2.24) is 4.98 Å². The van der Waals surface area contributed by atoms with Gasteiger partial charge in [-0.25, -0.2) is 4.98 Å². The van der Waals surface area contributed by atoms with E-state index in [1.807, 2.05) is 6.20 Å². The predicted molar refractivity (Wildman–Crippen MR) is 63.4 cm³/mol. The van der Waals surface area contributed by atoms with E-state index in [1.165, 1.54) is 12.8 Å². The first-order valence-electron chi connectivity index (χ1n) is 5.61. The third-order valence-corrected chi connectivity index (χ3v) is 2.80. The van der Waals surface area contributed by atoms with E-state index in [2.05, 4.69) is 32.0 Å². The van der Waals surface area contributed by atoms with Crippen molar-refractivity contribution >= 4 is 5.82 Å². The average molecular weight is 217 g/mol. The molecule has 0 atom stereocenters. The van der Waals surface area contributed by atoms with Crippen LogP contribution in [0.2, 0.25) is 0 Å². The van der Waals surface area contributed by atoms with Gasteiger partial charge in [0.2, 0.25) is 0 Å². The highest BCUT2D eigenvalue weighted by molar-refractivity contribution is 5.40. The van der Waals surface area contributed by atoms with E-state index >= 15 is 0 Å². The summed E-state index contributed by atoms with van der Waals surface area (Å²) < 4.78 is 0. The number of aromatic nitrogens is 1. The summed E-state index contributed by atoms with van der Waals surface area (Å²) in [5.41, 5.74) is 9.29. The molecule has 0 radical (unpaired) electrons. The summed E-state index contributed by atoms with van der Waals surface area (Å²) in [4.78, 5) is 9.46. The first kappa shape index (κ1) is 10.8. The summed E-state index contributed by atoms with van der Waals surface area (Å²) in [6.07, 6.45) is 5.17. The summed E-state index contributed by atoms with van der Waals surface area (Å²) >= 11 is 0. The third kappa shape index (κ3) is 2.64. The zero-order valence-electron chi connectivity index (χ0n) is 9.21. The normalized spacial score (nSPS) is 14.9. The second-order valence-corrected chi connectivity index (χ2v) is 3.92. The van der Waals surface area contributed by atoms with Crippen LogP contribution >= 0.6 is 0 Å². The van der Waals surface area contributed by atoms with Crippen LogP contribution in [0.5, 0.6) is 0 Å². The Morgan fingerprint density at radius 3 is 2.81 bits per heavy atom. The molecule has 5 nitrogen and oxygen atoms in total. The van der Waals surface area contributed by atoms with Crippen LogP contribution in [0.1, 0.15) is 18.4 Å². The van der Waals surface area contributed by atoms with Crippen molar-refractivity contribution in [2.24, 2.45) is 5.11 Å². The van der Waals surface area contributed by atoms with E-state index in [4.69, 9.17) is 5.53 Å². The lowest BCUT2D eigenvalue weighted by molar-refractivity contribution is 0.915. The molecular weight excluding hydrogens is 202 g/mol. The van der Waals surface area contributed by atoms with Crippen LogP contribution in [0.25, 0.3) is 10.4 Å². The van der Waals surface area contributed by atoms with E-state index in [9.17, 15) is 0 Å². The Morgan fingerprint density at radius 1 is 1.38 bits per heavy atom. The fourth-order valence-corrected chi connectivity index (χ4v) is 1.92. The Morgan fingerprint density at radius 2 is 2.19 bits per heavy atom. The Labute approximate surface area is 94.7 Å². The molecule has 1 aliphatic rings. The molecule has 0 aliphatic carbocycles. The standard InChI is InChI=1S/C11H15N5/c12-15-14-6-5-10-3-4-11(13-9-10)16-7-1-2-8-16/h3-4,9H,1-2,5-8H2. The maximum absolute atomic E-state index is 8.17. The minimum absolute atomic E-state index is 0.501. The van der Waals surface area contributed by atoms with Gasteiger partial charge in [-0.15, -0.1) is 0 Å². The number of azide groups is 1. The monoisotopic (exact) mass is 217 g/mol. The molecule has 0 unspecified atom stereocenters. The molecule has 0 aromatic carbocycles. The maximum atomic E-state index is 8.17. The minimum atomic E-state index is 0.501. The SMILES string of the molecule is [N-]=[N+]=NCCc1ccc(N2CCCC2)nc1. The molecule has 16 heavy (non-hydrogen) atoms. The van der Waals surface area contributed by atoms with Gasteiger partial charge in [-0.1, -0.05) is 11.2 Å². The van der Waals surface area contributed by atoms with Crippen molar-refractivity contribution in [2.45, 2.75) is 19.3 Å². The highest BCUT2D eigenvalue weighted by Crippen LogP contribution is 2.17. The minimum Gasteiger partial charge on any atom is -0.357 e. The molecule has 0 spiro atoms. The van der Waals surface area contributed by atoms with Crippen molar-refractivity contribution < 1.29 is 0 Å². The second kappa shape index (κ2) is 5.37. The van der Waals surface area contributed by atoms with Crippen molar-refractivity contribution in [3.63, 3.8) is 0 Å². The Bertz CT molecular complexity index is 374. The second-order valence-electron chi connectivity index (χ2n) is 3.92. The van der Waals surface area contributed by atoms with Gasteiger partial charge in [0.25, 0.3) is 0 Å². The lowest BCUT2D eigenvalue weighted by atomic mass is 10.2. The summed E-state index contributed by atoms with van der Waals surface area (Å²) in [7, 11) is 0. The van der Waals surface area contributed by atoms with Crippen LogP contribution in [0.3, 0.4) is 0 Å². The van der Waals surface area contributed by atoms with Crippen molar-refractivity contribution in [3.05, 3.63) is 34.3 Å². The lowest BCUT2D eigenvalue weighted by Crippen LogP contribution is -2.18. The van der Waals surface area contributed by atoms with E-state index in [-0.39, 0.29) is 0 Å². The van der Waals surface area contributed by atoms with E-state index in [0.717, 1.165) is 30.9 Å². The van der Waals surface area contributed by atoms with Crippen LogP contribution in [-0.2, 0) is 6.42 Å². The summed E-state index contributed by atoms with van der Waals surface area (Å²) in [6, 6.07) is 4.12. The molecule has 0 amide bonds. The molecule has 5 heteroatoms. The van der Waals surface area contributed by atoms with Gasteiger partial charge in [-0.05, 0) is 36.4 Å². The Balaban J connectivity index is 1.95. The van der Waals surface area contributed by atoms with Crippen LogP contribution in [0.15, 0.2) is 23.4 Å². The first-order valence-corrected chi connectivity index (χ1v) is 5.61. The molecule has 0 saturated carbocycles. The van der Waals surface area contributed by atoms with Crippen LogP contribution < -0.4 is 4.90 Å². The molecule has 2 heterocycles. The fourth-order valence-electron chi connectivity index (χ4n) is 1.92. The maximum Gasteiger partial charge on any atom is 0.128 e. The topological polar surface area (TPSA) is 64.9 Å². The van der Waals surface area contributed by atoms with Gasteiger partial charge in [-0.2, -0.15) is 0 Å². The Hall–Kier alpha value is -1.74. The summed E-state index contributed by atoms with van der Waals surface area (Å²) in [5, 5.41) is 3.51. The molecular formula is C11H15N5. The predicted octanol–water partition coefficient (Wildman–Crippen LogP) is 2.53. The van der Waals surface area contributed by atoms with Gasteiger partial charge < -0.3 is 4.90 Å². The van der Waals surface area contributed by atoms with E-state index in [1.54, 1.807) is 0 Å². The van der Waals surface area contributed by atoms with Crippen LogP contribution in [-0.4, -0.2) is 24.6 Å². The number of hydrogen-bond donors (Lipinski definition) is 0. The summed E-state index contributed by atoms with van der Waals surface area (Å²) in [6.45, 7) is 2.73. The highest BCUT2D eigenvalue weighted by atomic mass is 15.2. The smallest absolute Gasteiger partial charge is 0.128 e. The number of nitrogens with zero attached hydrogens (tertiary/aromatic N) is 5. The van der Waals surface area contributed by atoms with Gasteiger partial charge in [0.05, 0.1) is 0 Å². The van der Waals surface area contributed by atoms with Crippen molar-refractivity contribution in [2.75, 3.05) is 24.5 Å². The largest absolute Gasteiger partial charge is 0.357 e. The Kier molecular flexibility index (Phi) is 3.62. The molecule has 1 aromatic heterocycles. The molecule has 1 fully saturated rings. The molecule has 0 bridgehead atoms. The first-order chi connectivity index (χ1) is 7.90. The molecule has 0 N–H and O–H groups in total. The van der Waals surface area contributed by atoms with E-state index in [0.29, 0.717) is 6.54 Å². The number of pyridine rings is 1. The third-order valence-electron chi connectivity index (χ3n) is 2.80. The molecule has 1 aliphatic heterocycles. The van der Waals surface area contributed by atoms with Gasteiger partial charge in [0.1, 0.15) is 5.82 Å². The van der Waals surface area contributed by atoms with Gasteiger partial charge in [-0.3, -0.25) is 0 Å².